The lowest BCUT2D eigenvalue weighted by Gasteiger charge is -2.10. The molecule has 0 spiro atoms. The van der Waals surface area contributed by atoms with E-state index in [0.29, 0.717) is 16.7 Å². The Labute approximate surface area is 139 Å². The molecule has 1 fully saturated rings. The molecule has 5 heteroatoms. The number of hydrogen-bond acceptors (Lipinski definition) is 4. The predicted octanol–water partition coefficient (Wildman–Crippen LogP) is 3.03. The van der Waals surface area contributed by atoms with Crippen molar-refractivity contribution in [3.63, 3.8) is 0 Å². The van der Waals surface area contributed by atoms with Crippen molar-refractivity contribution in [2.45, 2.75) is 26.2 Å². The van der Waals surface area contributed by atoms with E-state index >= 15 is 0 Å². The van der Waals surface area contributed by atoms with Gasteiger partial charge in [-0.05, 0) is 50.2 Å². The largest absolute Gasteiger partial charge is 0.462 e. The number of benzene rings is 2. The van der Waals surface area contributed by atoms with Crippen LogP contribution in [0.1, 0.15) is 12.5 Å². The number of rotatable bonds is 3. The number of hydrogen-bond donors (Lipinski definition) is 0. The van der Waals surface area contributed by atoms with E-state index in [1.54, 1.807) is 11.6 Å². The number of aryl methyl sites for hydroxylation is 1. The summed E-state index contributed by atoms with van der Waals surface area (Å²) >= 11 is 0. The van der Waals surface area contributed by atoms with Gasteiger partial charge in [0.05, 0.1) is 10.9 Å². The van der Waals surface area contributed by atoms with E-state index in [1.165, 1.54) is 0 Å². The minimum atomic E-state index is -0.151. The fourth-order valence-electron chi connectivity index (χ4n) is 2.75. The summed E-state index contributed by atoms with van der Waals surface area (Å²) in [5, 5.41) is 0.640. The van der Waals surface area contributed by atoms with Gasteiger partial charge in [-0.3, -0.25) is 9.36 Å². The molecule has 0 bridgehead atoms. The van der Waals surface area contributed by atoms with Crippen molar-refractivity contribution in [1.29, 1.82) is 0 Å². The van der Waals surface area contributed by atoms with Crippen LogP contribution in [-0.4, -0.2) is 21.9 Å². The zero-order valence-electron chi connectivity index (χ0n) is 13.8. The van der Waals surface area contributed by atoms with Crippen molar-refractivity contribution in [3.8, 4) is 17.1 Å². The number of epoxide rings is 1. The molecular weight excluding hydrogens is 304 g/mol. The molecule has 2 heterocycles. The highest BCUT2D eigenvalue weighted by molar-refractivity contribution is 5.80. The smallest absolute Gasteiger partial charge is 0.261 e. The van der Waals surface area contributed by atoms with Gasteiger partial charge in [0.25, 0.3) is 5.56 Å². The first kappa shape index (κ1) is 14.9. The summed E-state index contributed by atoms with van der Waals surface area (Å²) in [4.78, 5) is 17.3. The lowest BCUT2D eigenvalue weighted by Crippen LogP contribution is -2.20. The molecule has 4 rings (SSSR count). The first-order valence-corrected chi connectivity index (χ1v) is 7.93. The van der Waals surface area contributed by atoms with Gasteiger partial charge in [0.2, 0.25) is 6.29 Å². The molecule has 1 saturated heterocycles. The maximum absolute atomic E-state index is 12.6. The van der Waals surface area contributed by atoms with Gasteiger partial charge < -0.3 is 9.47 Å². The Morgan fingerprint density at radius 1 is 1.17 bits per heavy atom. The van der Waals surface area contributed by atoms with Crippen LogP contribution in [0, 0.1) is 6.92 Å². The van der Waals surface area contributed by atoms with Crippen LogP contribution in [0.5, 0.6) is 5.75 Å². The Morgan fingerprint density at radius 2 is 1.88 bits per heavy atom. The van der Waals surface area contributed by atoms with E-state index in [2.05, 4.69) is 4.98 Å². The highest BCUT2D eigenvalue weighted by Gasteiger charge is 2.36. The minimum Gasteiger partial charge on any atom is -0.462 e. The fraction of sp³-hybridized carbons (Fsp3) is 0.263. The Kier molecular flexibility index (Phi) is 3.39. The maximum atomic E-state index is 12.6. The first-order valence-electron chi connectivity index (χ1n) is 7.93. The zero-order valence-corrected chi connectivity index (χ0v) is 13.8. The molecule has 5 nitrogen and oxygen atoms in total. The van der Waals surface area contributed by atoms with Crippen LogP contribution < -0.4 is 10.3 Å². The molecule has 0 N–H and O–H groups in total. The molecule has 122 valence electrons. The minimum absolute atomic E-state index is 0.0424. The van der Waals surface area contributed by atoms with Gasteiger partial charge in [-0.1, -0.05) is 11.6 Å². The van der Waals surface area contributed by atoms with Crippen LogP contribution in [0.25, 0.3) is 22.3 Å². The van der Waals surface area contributed by atoms with E-state index in [-0.39, 0.29) is 18.0 Å². The standard InChI is InChI=1S/C19H18N2O3/c1-11-4-9-16-15(10-11)18(22)21(3)17(20-16)13-5-7-14(8-6-13)24-19-12(2)23-19/h4-10,12,19H,1-3H3. The highest BCUT2D eigenvalue weighted by Crippen LogP contribution is 2.27. The third-order valence-corrected chi connectivity index (χ3v) is 4.25. The van der Waals surface area contributed by atoms with Gasteiger partial charge in [0.1, 0.15) is 17.7 Å². The van der Waals surface area contributed by atoms with E-state index in [1.807, 2.05) is 56.3 Å². The topological polar surface area (TPSA) is 56.6 Å². The van der Waals surface area contributed by atoms with Gasteiger partial charge in [0, 0.05) is 12.6 Å². The van der Waals surface area contributed by atoms with E-state index in [0.717, 1.165) is 16.9 Å². The molecule has 1 aromatic heterocycles. The van der Waals surface area contributed by atoms with Crippen molar-refractivity contribution in [2.24, 2.45) is 7.05 Å². The van der Waals surface area contributed by atoms with Crippen LogP contribution in [0.2, 0.25) is 0 Å². The van der Waals surface area contributed by atoms with Crippen molar-refractivity contribution in [2.75, 3.05) is 0 Å². The average molecular weight is 322 g/mol. The van der Waals surface area contributed by atoms with Crippen LogP contribution in [0.15, 0.2) is 47.3 Å². The Balaban J connectivity index is 1.74. The summed E-state index contributed by atoms with van der Waals surface area (Å²) < 4.78 is 12.5. The highest BCUT2D eigenvalue weighted by atomic mass is 16.8. The van der Waals surface area contributed by atoms with Crippen molar-refractivity contribution in [3.05, 3.63) is 58.4 Å². The molecule has 1 aliphatic heterocycles. The SMILES string of the molecule is Cc1ccc2nc(-c3ccc(OC4OC4C)cc3)n(C)c(=O)c2c1. The number of fused-ring (bicyclic) bond motifs is 1. The summed E-state index contributed by atoms with van der Waals surface area (Å²) in [7, 11) is 1.75. The molecule has 0 radical (unpaired) electrons. The van der Waals surface area contributed by atoms with Crippen LogP contribution in [0.3, 0.4) is 0 Å². The molecule has 24 heavy (non-hydrogen) atoms. The second kappa shape index (κ2) is 5.46. The summed E-state index contributed by atoms with van der Waals surface area (Å²) in [5.74, 6) is 1.38. The van der Waals surface area contributed by atoms with Crippen LogP contribution in [-0.2, 0) is 11.8 Å². The van der Waals surface area contributed by atoms with Gasteiger partial charge in [-0.15, -0.1) is 0 Å². The van der Waals surface area contributed by atoms with Crippen LogP contribution in [0.4, 0.5) is 0 Å². The summed E-state index contributed by atoms with van der Waals surface area (Å²) in [6.45, 7) is 3.94. The predicted molar refractivity (Wildman–Crippen MR) is 92.1 cm³/mol. The number of ether oxygens (including phenoxy) is 2. The molecule has 0 saturated carbocycles. The molecule has 1 aliphatic rings. The third-order valence-electron chi connectivity index (χ3n) is 4.25. The second-order valence-corrected chi connectivity index (χ2v) is 6.17. The second-order valence-electron chi connectivity index (χ2n) is 6.17. The van der Waals surface area contributed by atoms with Gasteiger partial charge in [0.15, 0.2) is 0 Å². The average Bonchev–Trinajstić information content (AvgIpc) is 3.27. The Morgan fingerprint density at radius 3 is 2.54 bits per heavy atom. The van der Waals surface area contributed by atoms with E-state index in [4.69, 9.17) is 9.47 Å². The summed E-state index contributed by atoms with van der Waals surface area (Å²) in [6, 6.07) is 13.3. The monoisotopic (exact) mass is 322 g/mol. The van der Waals surface area contributed by atoms with Gasteiger partial charge in [-0.25, -0.2) is 4.98 Å². The Hall–Kier alpha value is -2.66. The lowest BCUT2D eigenvalue weighted by atomic mass is 10.1. The Bertz CT molecular complexity index is 976. The molecule has 2 unspecified atom stereocenters. The summed E-state index contributed by atoms with van der Waals surface area (Å²) in [6.07, 6.45) is -0.00153. The van der Waals surface area contributed by atoms with E-state index in [9.17, 15) is 4.79 Å². The first-order chi connectivity index (χ1) is 11.5. The molecule has 3 aromatic rings. The van der Waals surface area contributed by atoms with E-state index < -0.39 is 0 Å². The zero-order chi connectivity index (χ0) is 16.8. The van der Waals surface area contributed by atoms with Gasteiger partial charge in [-0.2, -0.15) is 0 Å². The van der Waals surface area contributed by atoms with Crippen molar-refractivity contribution < 1.29 is 9.47 Å². The van der Waals surface area contributed by atoms with Crippen molar-refractivity contribution in [1.82, 2.24) is 9.55 Å². The lowest BCUT2D eigenvalue weighted by molar-refractivity contribution is 0.178. The maximum Gasteiger partial charge on any atom is 0.261 e. The summed E-state index contributed by atoms with van der Waals surface area (Å²) in [5.41, 5.74) is 2.58. The number of aromatic nitrogens is 2. The molecule has 0 aliphatic carbocycles. The van der Waals surface area contributed by atoms with Crippen molar-refractivity contribution >= 4 is 10.9 Å². The number of nitrogens with zero attached hydrogens (tertiary/aromatic N) is 2. The van der Waals surface area contributed by atoms with Crippen LogP contribution >= 0.6 is 0 Å². The molecular formula is C19H18N2O3. The van der Waals surface area contributed by atoms with Gasteiger partial charge >= 0.3 is 0 Å². The third kappa shape index (κ3) is 2.57. The quantitative estimate of drug-likeness (QED) is 0.696. The fourth-order valence-corrected chi connectivity index (χ4v) is 2.75. The molecule has 2 aromatic carbocycles. The molecule has 2 atom stereocenters. The molecule has 0 amide bonds. The normalized spacial score (nSPS) is 19.5.